The maximum atomic E-state index is 13.2. The van der Waals surface area contributed by atoms with E-state index in [1.54, 1.807) is 23.0 Å². The van der Waals surface area contributed by atoms with Crippen molar-refractivity contribution in [2.24, 2.45) is 0 Å². The van der Waals surface area contributed by atoms with Crippen molar-refractivity contribution in [1.29, 1.82) is 0 Å². The second-order valence-electron chi connectivity index (χ2n) is 5.60. The molecule has 0 aliphatic rings. The van der Waals surface area contributed by atoms with Crippen molar-refractivity contribution < 1.29 is 13.3 Å². The standard InChI is InChI=1S/C16H12F2N6O/c1-16(17,18)15-20-13(22-25-15)11-6-4-10(5-7-11)9-24-12-3-2-8-19-14(12)21-23-24/h2-8H,9H2,1H3. The number of aromatic nitrogens is 6. The van der Waals surface area contributed by atoms with Gasteiger partial charge in [-0.2, -0.15) is 13.8 Å². The van der Waals surface area contributed by atoms with Gasteiger partial charge >= 0.3 is 5.92 Å². The highest BCUT2D eigenvalue weighted by Crippen LogP contribution is 2.27. The normalized spacial score (nSPS) is 12.0. The van der Waals surface area contributed by atoms with Crippen molar-refractivity contribution in [2.75, 3.05) is 0 Å². The number of hydrogen-bond donors (Lipinski definition) is 0. The molecular weight excluding hydrogens is 330 g/mol. The van der Waals surface area contributed by atoms with Crippen molar-refractivity contribution in [3.63, 3.8) is 0 Å². The fourth-order valence-electron chi connectivity index (χ4n) is 2.38. The third kappa shape index (κ3) is 2.95. The van der Waals surface area contributed by atoms with E-state index >= 15 is 0 Å². The van der Waals surface area contributed by atoms with E-state index in [2.05, 4.69) is 30.0 Å². The van der Waals surface area contributed by atoms with Gasteiger partial charge in [0.25, 0.3) is 5.89 Å². The average Bonchev–Trinajstić information content (AvgIpc) is 3.23. The molecule has 0 fully saturated rings. The summed E-state index contributed by atoms with van der Waals surface area (Å²) < 4.78 is 32.7. The number of hydrogen-bond acceptors (Lipinski definition) is 6. The van der Waals surface area contributed by atoms with Gasteiger partial charge in [0.05, 0.1) is 6.54 Å². The Balaban J connectivity index is 1.57. The highest BCUT2D eigenvalue weighted by molar-refractivity contribution is 5.69. The lowest BCUT2D eigenvalue weighted by atomic mass is 10.1. The molecule has 0 amide bonds. The van der Waals surface area contributed by atoms with Crippen LogP contribution in [-0.4, -0.2) is 30.1 Å². The Bertz CT molecular complexity index is 1020. The van der Waals surface area contributed by atoms with Crippen LogP contribution < -0.4 is 0 Å². The minimum Gasteiger partial charge on any atom is -0.332 e. The zero-order valence-corrected chi connectivity index (χ0v) is 13.1. The molecule has 0 atom stereocenters. The Morgan fingerprint density at radius 1 is 1.16 bits per heavy atom. The molecule has 0 aliphatic heterocycles. The van der Waals surface area contributed by atoms with Gasteiger partial charge in [-0.05, 0) is 17.7 Å². The van der Waals surface area contributed by atoms with Gasteiger partial charge in [-0.25, -0.2) is 9.67 Å². The van der Waals surface area contributed by atoms with E-state index in [9.17, 15) is 8.78 Å². The molecule has 0 radical (unpaired) electrons. The number of nitrogens with zero attached hydrogens (tertiary/aromatic N) is 6. The smallest absolute Gasteiger partial charge is 0.322 e. The highest BCUT2D eigenvalue weighted by atomic mass is 19.3. The summed E-state index contributed by atoms with van der Waals surface area (Å²) in [6, 6.07) is 10.9. The van der Waals surface area contributed by atoms with E-state index in [0.717, 1.165) is 11.1 Å². The van der Waals surface area contributed by atoms with E-state index < -0.39 is 11.8 Å². The van der Waals surface area contributed by atoms with Crippen molar-refractivity contribution in [3.8, 4) is 11.4 Å². The molecule has 0 aliphatic carbocycles. The molecule has 0 unspecified atom stereocenters. The summed E-state index contributed by atoms with van der Waals surface area (Å²) in [6.07, 6.45) is 1.66. The van der Waals surface area contributed by atoms with E-state index in [-0.39, 0.29) is 5.82 Å². The van der Waals surface area contributed by atoms with E-state index in [0.29, 0.717) is 24.7 Å². The first-order valence-corrected chi connectivity index (χ1v) is 7.46. The second kappa shape index (κ2) is 5.69. The molecule has 0 saturated carbocycles. The minimum absolute atomic E-state index is 0.124. The van der Waals surface area contributed by atoms with Gasteiger partial charge < -0.3 is 4.52 Å². The lowest BCUT2D eigenvalue weighted by Crippen LogP contribution is -2.07. The lowest BCUT2D eigenvalue weighted by molar-refractivity contribution is -0.0158. The maximum absolute atomic E-state index is 13.2. The van der Waals surface area contributed by atoms with E-state index in [4.69, 9.17) is 0 Å². The predicted octanol–water partition coefficient (Wildman–Crippen LogP) is 3.04. The molecule has 0 spiro atoms. The van der Waals surface area contributed by atoms with Crippen LogP contribution in [0, 0.1) is 0 Å². The number of rotatable bonds is 4. The molecule has 0 saturated heterocycles. The summed E-state index contributed by atoms with van der Waals surface area (Å²) in [5, 5.41) is 11.7. The lowest BCUT2D eigenvalue weighted by Gasteiger charge is -2.03. The largest absolute Gasteiger partial charge is 0.332 e. The second-order valence-corrected chi connectivity index (χ2v) is 5.60. The van der Waals surface area contributed by atoms with Crippen LogP contribution in [0.15, 0.2) is 47.1 Å². The minimum atomic E-state index is -3.16. The number of alkyl halides is 2. The van der Waals surface area contributed by atoms with Crippen LogP contribution in [0.3, 0.4) is 0 Å². The fourth-order valence-corrected chi connectivity index (χ4v) is 2.38. The fraction of sp³-hybridized carbons (Fsp3) is 0.188. The molecule has 7 nitrogen and oxygen atoms in total. The topological polar surface area (TPSA) is 82.5 Å². The van der Waals surface area contributed by atoms with Crippen LogP contribution in [0.25, 0.3) is 22.6 Å². The van der Waals surface area contributed by atoms with Crippen molar-refractivity contribution in [3.05, 3.63) is 54.0 Å². The number of benzene rings is 1. The third-order valence-corrected chi connectivity index (χ3v) is 3.64. The SMILES string of the molecule is CC(F)(F)c1nc(-c2ccc(Cn3nnc4ncccc43)cc2)no1. The van der Waals surface area contributed by atoms with Crippen LogP contribution in [0.5, 0.6) is 0 Å². The van der Waals surface area contributed by atoms with E-state index in [1.165, 1.54) is 0 Å². The number of pyridine rings is 1. The van der Waals surface area contributed by atoms with Crippen LogP contribution in [0.1, 0.15) is 18.4 Å². The maximum Gasteiger partial charge on any atom is 0.322 e. The molecule has 9 heteroatoms. The Morgan fingerprint density at radius 2 is 1.96 bits per heavy atom. The number of halogens is 2. The van der Waals surface area contributed by atoms with Crippen molar-refractivity contribution in [1.82, 2.24) is 30.1 Å². The van der Waals surface area contributed by atoms with Crippen LogP contribution >= 0.6 is 0 Å². The highest BCUT2D eigenvalue weighted by Gasteiger charge is 2.32. The molecule has 4 aromatic rings. The Kier molecular flexibility index (Phi) is 3.48. The molecule has 3 heterocycles. The molecule has 3 aromatic heterocycles. The Labute approximate surface area is 140 Å². The molecule has 126 valence electrons. The Morgan fingerprint density at radius 3 is 2.68 bits per heavy atom. The number of fused-ring (bicyclic) bond motifs is 1. The zero-order chi connectivity index (χ0) is 17.4. The summed E-state index contributed by atoms with van der Waals surface area (Å²) in [4.78, 5) is 7.87. The van der Waals surface area contributed by atoms with Crippen LogP contribution in [0.2, 0.25) is 0 Å². The monoisotopic (exact) mass is 342 g/mol. The van der Waals surface area contributed by atoms with Gasteiger partial charge in [0, 0.05) is 18.7 Å². The summed E-state index contributed by atoms with van der Waals surface area (Å²) in [5.74, 6) is -3.74. The molecule has 4 rings (SSSR count). The summed E-state index contributed by atoms with van der Waals surface area (Å²) in [5.41, 5.74) is 2.97. The van der Waals surface area contributed by atoms with Crippen molar-refractivity contribution >= 4 is 11.2 Å². The van der Waals surface area contributed by atoms with Gasteiger partial charge in [-0.15, -0.1) is 5.10 Å². The molecule has 25 heavy (non-hydrogen) atoms. The van der Waals surface area contributed by atoms with Gasteiger partial charge in [-0.3, -0.25) is 0 Å². The van der Waals surface area contributed by atoms with Gasteiger partial charge in [0.15, 0.2) is 0 Å². The molecular formula is C16H12F2N6O. The molecule has 0 N–H and O–H groups in total. The van der Waals surface area contributed by atoms with E-state index in [1.807, 2.05) is 24.3 Å². The van der Waals surface area contributed by atoms with Crippen LogP contribution in [0.4, 0.5) is 8.78 Å². The Hall–Kier alpha value is -3.23. The predicted molar refractivity (Wildman–Crippen MR) is 83.7 cm³/mol. The summed E-state index contributed by atoms with van der Waals surface area (Å²) in [7, 11) is 0. The van der Waals surface area contributed by atoms with Crippen molar-refractivity contribution in [2.45, 2.75) is 19.4 Å². The van der Waals surface area contributed by atoms with Crippen LogP contribution in [-0.2, 0) is 12.5 Å². The van der Waals surface area contributed by atoms with Gasteiger partial charge in [-0.1, -0.05) is 34.6 Å². The summed E-state index contributed by atoms with van der Waals surface area (Å²) in [6.45, 7) is 1.22. The van der Waals surface area contributed by atoms with Gasteiger partial charge in [0.1, 0.15) is 5.52 Å². The first-order valence-electron chi connectivity index (χ1n) is 7.46. The zero-order valence-electron chi connectivity index (χ0n) is 13.1. The first kappa shape index (κ1) is 15.3. The summed E-state index contributed by atoms with van der Waals surface area (Å²) >= 11 is 0. The quantitative estimate of drug-likeness (QED) is 0.567. The molecule has 1 aromatic carbocycles. The third-order valence-electron chi connectivity index (χ3n) is 3.64. The first-order chi connectivity index (χ1) is 12.0. The van der Waals surface area contributed by atoms with Gasteiger partial charge in [0.2, 0.25) is 11.5 Å². The molecule has 0 bridgehead atoms. The average molecular weight is 342 g/mol.